The molecule has 1 amide bonds. The molecule has 0 radical (unpaired) electrons. The molecule has 0 aromatic heterocycles. The van der Waals surface area contributed by atoms with Crippen molar-refractivity contribution in [3.8, 4) is 0 Å². The van der Waals surface area contributed by atoms with E-state index in [4.69, 9.17) is 0 Å². The van der Waals surface area contributed by atoms with Gasteiger partial charge in [0.25, 0.3) is 0 Å². The minimum Gasteiger partial charge on any atom is -0.321 e. The lowest BCUT2D eigenvalue weighted by molar-refractivity contribution is -0.130. The Morgan fingerprint density at radius 3 is 2.67 bits per heavy atom. The van der Waals surface area contributed by atoms with Gasteiger partial charge >= 0.3 is 0 Å². The quantitative estimate of drug-likeness (QED) is 0.882. The van der Waals surface area contributed by atoms with Crippen molar-refractivity contribution in [2.75, 3.05) is 6.54 Å². The van der Waals surface area contributed by atoms with Crippen molar-refractivity contribution in [2.45, 2.75) is 44.3 Å². The molecule has 1 aromatic carbocycles. The van der Waals surface area contributed by atoms with Gasteiger partial charge in [-0.05, 0) is 24.8 Å². The van der Waals surface area contributed by atoms with Crippen molar-refractivity contribution in [3.05, 3.63) is 35.9 Å². The first-order chi connectivity index (χ1) is 8.77. The Balaban J connectivity index is 1.85. The maximum Gasteiger partial charge on any atom is 0.244 e. The molecule has 1 aliphatic carbocycles. The Kier molecular flexibility index (Phi) is 2.86. The third kappa shape index (κ3) is 1.83. The summed E-state index contributed by atoms with van der Waals surface area (Å²) in [4.78, 5) is 14.5. The van der Waals surface area contributed by atoms with Crippen molar-refractivity contribution in [2.24, 2.45) is 0 Å². The molecule has 0 bridgehead atoms. The topological polar surface area (TPSA) is 32.3 Å². The number of unbranched alkanes of at least 4 members (excludes halogenated alkanes) is 1. The lowest BCUT2D eigenvalue weighted by Gasteiger charge is -2.24. The van der Waals surface area contributed by atoms with Crippen LogP contribution in [0.1, 0.15) is 44.3 Å². The average Bonchev–Trinajstić information content (AvgIpc) is 3.13. The summed E-state index contributed by atoms with van der Waals surface area (Å²) >= 11 is 0. The number of nitrogens with one attached hydrogen (secondary N) is 1. The average molecular weight is 244 g/mol. The summed E-state index contributed by atoms with van der Waals surface area (Å²) in [6, 6.07) is 10.3. The zero-order chi connectivity index (χ0) is 12.6. The van der Waals surface area contributed by atoms with Gasteiger partial charge in [-0.25, -0.2) is 0 Å². The molecule has 1 saturated heterocycles. The first-order valence-corrected chi connectivity index (χ1v) is 6.90. The highest BCUT2D eigenvalue weighted by atomic mass is 16.2. The van der Waals surface area contributed by atoms with Crippen molar-refractivity contribution >= 4 is 5.91 Å². The lowest BCUT2D eigenvalue weighted by atomic mass is 10.1. The van der Waals surface area contributed by atoms with Gasteiger partial charge in [0.15, 0.2) is 0 Å². The van der Waals surface area contributed by atoms with E-state index < -0.39 is 0 Å². The molecule has 1 spiro atoms. The van der Waals surface area contributed by atoms with Gasteiger partial charge in [-0.1, -0.05) is 43.7 Å². The third-order valence-corrected chi connectivity index (χ3v) is 4.01. The van der Waals surface area contributed by atoms with E-state index in [0.717, 1.165) is 32.2 Å². The highest BCUT2D eigenvalue weighted by molar-refractivity contribution is 5.92. The van der Waals surface area contributed by atoms with Crippen molar-refractivity contribution in [1.29, 1.82) is 0 Å². The van der Waals surface area contributed by atoms with E-state index in [9.17, 15) is 4.79 Å². The Labute approximate surface area is 108 Å². The van der Waals surface area contributed by atoms with E-state index in [0.29, 0.717) is 5.91 Å². The summed E-state index contributed by atoms with van der Waals surface area (Å²) in [7, 11) is 0. The van der Waals surface area contributed by atoms with Gasteiger partial charge in [-0.2, -0.15) is 0 Å². The molecule has 1 aromatic rings. The van der Waals surface area contributed by atoms with Crippen LogP contribution in [-0.2, 0) is 4.79 Å². The molecule has 1 N–H and O–H groups in total. The van der Waals surface area contributed by atoms with Gasteiger partial charge in [0.2, 0.25) is 5.91 Å². The van der Waals surface area contributed by atoms with Crippen LogP contribution in [0, 0.1) is 0 Å². The van der Waals surface area contributed by atoms with Gasteiger partial charge in [-0.15, -0.1) is 0 Å². The predicted molar refractivity (Wildman–Crippen MR) is 70.9 cm³/mol. The molecule has 18 heavy (non-hydrogen) atoms. The van der Waals surface area contributed by atoms with Gasteiger partial charge in [-0.3, -0.25) is 10.1 Å². The van der Waals surface area contributed by atoms with Gasteiger partial charge in [0.05, 0.1) is 0 Å². The van der Waals surface area contributed by atoms with E-state index in [1.54, 1.807) is 0 Å². The number of carbonyl (C=O) groups is 1. The number of carbonyl (C=O) groups excluding carboxylic acids is 1. The van der Waals surface area contributed by atoms with Crippen LogP contribution in [0.2, 0.25) is 0 Å². The Bertz CT molecular complexity index is 439. The molecular weight excluding hydrogens is 224 g/mol. The van der Waals surface area contributed by atoms with Gasteiger partial charge < -0.3 is 4.90 Å². The number of amides is 1. The van der Waals surface area contributed by atoms with Gasteiger partial charge in [0.1, 0.15) is 11.7 Å². The molecule has 2 aliphatic rings. The number of hydrogen-bond acceptors (Lipinski definition) is 2. The van der Waals surface area contributed by atoms with Crippen LogP contribution in [0.4, 0.5) is 0 Å². The minimum atomic E-state index is -0.214. The largest absolute Gasteiger partial charge is 0.321 e. The minimum absolute atomic E-state index is 0.0766. The van der Waals surface area contributed by atoms with E-state index in [1.165, 1.54) is 5.56 Å². The van der Waals surface area contributed by atoms with E-state index >= 15 is 0 Å². The van der Waals surface area contributed by atoms with E-state index in [-0.39, 0.29) is 11.7 Å². The number of benzene rings is 1. The van der Waals surface area contributed by atoms with Crippen LogP contribution < -0.4 is 5.32 Å². The molecular formula is C15H20N2O. The normalized spacial score (nSPS) is 24.8. The SMILES string of the molecule is CCCCN1C(=O)C2(CC2)NC1c1ccccc1. The smallest absolute Gasteiger partial charge is 0.244 e. The number of rotatable bonds is 4. The fourth-order valence-corrected chi connectivity index (χ4v) is 2.73. The highest BCUT2D eigenvalue weighted by Gasteiger charge is 2.59. The summed E-state index contributed by atoms with van der Waals surface area (Å²) in [6.45, 7) is 3.03. The maximum atomic E-state index is 12.4. The summed E-state index contributed by atoms with van der Waals surface area (Å²) in [6.07, 6.45) is 4.27. The van der Waals surface area contributed by atoms with Crippen LogP contribution in [0.15, 0.2) is 30.3 Å². The third-order valence-electron chi connectivity index (χ3n) is 4.01. The molecule has 96 valence electrons. The molecule has 2 fully saturated rings. The number of nitrogens with zero attached hydrogens (tertiary/aromatic N) is 1. The first-order valence-electron chi connectivity index (χ1n) is 6.90. The molecule has 3 nitrogen and oxygen atoms in total. The van der Waals surface area contributed by atoms with Crippen LogP contribution in [0.3, 0.4) is 0 Å². The second-order valence-corrected chi connectivity index (χ2v) is 5.39. The van der Waals surface area contributed by atoms with E-state index in [2.05, 4.69) is 24.4 Å². The molecule has 1 unspecified atom stereocenters. The number of hydrogen-bond donors (Lipinski definition) is 1. The van der Waals surface area contributed by atoms with Crippen LogP contribution in [-0.4, -0.2) is 22.9 Å². The molecule has 1 atom stereocenters. The molecule has 1 aliphatic heterocycles. The van der Waals surface area contributed by atoms with Crippen molar-refractivity contribution in [3.63, 3.8) is 0 Å². The summed E-state index contributed by atoms with van der Waals surface area (Å²) in [5.41, 5.74) is 0.986. The Morgan fingerprint density at radius 2 is 2.06 bits per heavy atom. The standard InChI is InChI=1S/C15H20N2O/c1-2-3-11-17-13(12-7-5-4-6-8-12)16-15(9-10-15)14(17)18/h4-8,13,16H,2-3,9-11H2,1H3. The first kappa shape index (κ1) is 11.7. The monoisotopic (exact) mass is 244 g/mol. The molecule has 1 saturated carbocycles. The second-order valence-electron chi connectivity index (χ2n) is 5.39. The van der Waals surface area contributed by atoms with Crippen LogP contribution >= 0.6 is 0 Å². The van der Waals surface area contributed by atoms with E-state index in [1.807, 2.05) is 23.1 Å². The Hall–Kier alpha value is -1.35. The summed E-state index contributed by atoms with van der Waals surface area (Å²) < 4.78 is 0. The highest BCUT2D eigenvalue weighted by Crippen LogP contribution is 2.45. The Morgan fingerprint density at radius 1 is 1.33 bits per heavy atom. The lowest BCUT2D eigenvalue weighted by Crippen LogP contribution is -2.32. The molecule has 1 heterocycles. The fourth-order valence-electron chi connectivity index (χ4n) is 2.73. The molecule has 3 rings (SSSR count). The van der Waals surface area contributed by atoms with Crippen LogP contribution in [0.25, 0.3) is 0 Å². The maximum absolute atomic E-state index is 12.4. The summed E-state index contributed by atoms with van der Waals surface area (Å²) in [5.74, 6) is 0.310. The van der Waals surface area contributed by atoms with Crippen LogP contribution in [0.5, 0.6) is 0 Å². The zero-order valence-electron chi connectivity index (χ0n) is 10.9. The molecule has 3 heteroatoms. The van der Waals surface area contributed by atoms with Gasteiger partial charge in [0, 0.05) is 6.54 Å². The predicted octanol–water partition coefficient (Wildman–Crippen LogP) is 2.45. The van der Waals surface area contributed by atoms with Crippen molar-refractivity contribution < 1.29 is 4.79 Å². The fraction of sp³-hybridized carbons (Fsp3) is 0.533. The van der Waals surface area contributed by atoms with Crippen molar-refractivity contribution in [1.82, 2.24) is 10.2 Å². The zero-order valence-corrected chi connectivity index (χ0v) is 10.9. The second kappa shape index (κ2) is 4.39. The summed E-state index contributed by atoms with van der Waals surface area (Å²) in [5, 5.41) is 3.54.